The summed E-state index contributed by atoms with van der Waals surface area (Å²) in [5, 5.41) is 2.91. The number of carbonyl (C=O) groups excluding carboxylic acids is 2. The van der Waals surface area contributed by atoms with Gasteiger partial charge in [0.25, 0.3) is 0 Å². The summed E-state index contributed by atoms with van der Waals surface area (Å²) in [7, 11) is 0.355. The Morgan fingerprint density at radius 3 is 2.56 bits per heavy atom. The molecule has 178 valence electrons. The summed E-state index contributed by atoms with van der Waals surface area (Å²) < 4.78 is 17.4. The second-order valence-corrected chi connectivity index (χ2v) is 15.3. The molecule has 1 aromatic carbocycles. The van der Waals surface area contributed by atoms with Crippen LogP contribution in [0.25, 0.3) is 0 Å². The van der Waals surface area contributed by atoms with Gasteiger partial charge in [-0.1, -0.05) is 38.2 Å². The van der Waals surface area contributed by atoms with Gasteiger partial charge in [0.2, 0.25) is 5.91 Å². The lowest BCUT2D eigenvalue weighted by molar-refractivity contribution is -0.121. The summed E-state index contributed by atoms with van der Waals surface area (Å²) in [5.41, 5.74) is 4.30. The molecule has 1 aliphatic rings. The number of esters is 1. The summed E-state index contributed by atoms with van der Waals surface area (Å²) in [6.45, 7) is 14.5. The molecule has 1 aromatic rings. The van der Waals surface area contributed by atoms with Crippen molar-refractivity contribution in [3.05, 3.63) is 33.9 Å². The van der Waals surface area contributed by atoms with Crippen LogP contribution in [0.1, 0.15) is 60.2 Å². The molecule has 0 atom stereocenters. The Bertz CT molecular complexity index is 870. The van der Waals surface area contributed by atoms with Crippen molar-refractivity contribution >= 4 is 20.0 Å². The molecule has 0 spiro atoms. The third-order valence-electron chi connectivity index (χ3n) is 5.70. The summed E-state index contributed by atoms with van der Waals surface area (Å²) >= 11 is 0. The number of ether oxygens (including phenoxy) is 3. The van der Waals surface area contributed by atoms with Crippen LogP contribution in [0, 0.1) is 6.92 Å². The molecule has 1 N–H and O–H groups in total. The van der Waals surface area contributed by atoms with Crippen LogP contribution in [0.5, 0.6) is 11.5 Å². The van der Waals surface area contributed by atoms with E-state index in [4.69, 9.17) is 14.2 Å². The molecule has 7 heteroatoms. The van der Waals surface area contributed by atoms with Crippen LogP contribution in [-0.2, 0) is 22.6 Å². The number of nitrogens with one attached hydrogen (secondary N) is 1. The Kier molecular flexibility index (Phi) is 9.37. The van der Waals surface area contributed by atoms with E-state index < -0.39 is 8.07 Å². The number of amides is 1. The predicted molar refractivity (Wildman–Crippen MR) is 130 cm³/mol. The number of hydrogen-bond donors (Lipinski definition) is 1. The van der Waals surface area contributed by atoms with Crippen LogP contribution in [0.4, 0.5) is 0 Å². The van der Waals surface area contributed by atoms with E-state index in [-0.39, 0.29) is 18.5 Å². The summed E-state index contributed by atoms with van der Waals surface area (Å²) in [4.78, 5) is 24.5. The van der Waals surface area contributed by atoms with Crippen molar-refractivity contribution in [3.63, 3.8) is 0 Å². The lowest BCUT2D eigenvalue weighted by atomic mass is 9.94. The zero-order chi connectivity index (χ0) is 23.9. The van der Waals surface area contributed by atoms with E-state index in [1.54, 1.807) is 7.11 Å². The molecule has 1 heterocycles. The number of carbonyl (C=O) groups is 2. The number of allylic oxidation sites excluding steroid dienone is 2. The zero-order valence-electron chi connectivity index (χ0n) is 20.8. The van der Waals surface area contributed by atoms with Crippen LogP contribution < -0.4 is 14.8 Å². The van der Waals surface area contributed by atoms with Gasteiger partial charge in [-0.3, -0.25) is 4.79 Å². The van der Waals surface area contributed by atoms with Crippen molar-refractivity contribution in [3.8, 4) is 11.5 Å². The quantitative estimate of drug-likeness (QED) is 0.263. The number of methoxy groups -OCH3 is 1. The Hall–Kier alpha value is -2.28. The number of hydrogen-bond acceptors (Lipinski definition) is 5. The van der Waals surface area contributed by atoms with E-state index in [1.165, 1.54) is 0 Å². The molecule has 0 saturated heterocycles. The fourth-order valence-corrected chi connectivity index (χ4v) is 4.38. The third-order valence-corrected chi connectivity index (χ3v) is 7.40. The zero-order valence-corrected chi connectivity index (χ0v) is 21.8. The largest absolute Gasteiger partial charge is 0.496 e. The maximum atomic E-state index is 12.6. The molecule has 0 aliphatic carbocycles. The Morgan fingerprint density at radius 1 is 1.22 bits per heavy atom. The first-order valence-corrected chi connectivity index (χ1v) is 15.2. The van der Waals surface area contributed by atoms with Gasteiger partial charge in [-0.15, -0.1) is 0 Å². The van der Waals surface area contributed by atoms with Gasteiger partial charge in [0.15, 0.2) is 0 Å². The van der Waals surface area contributed by atoms with Crippen molar-refractivity contribution in [1.29, 1.82) is 0 Å². The van der Waals surface area contributed by atoms with Crippen LogP contribution in [-0.4, -0.2) is 40.2 Å². The standard InChI is InChI=1S/C25H39NO5Si/c1-8-13-26-21(27)12-10-17(2)9-11-19-23(29-4)18(3)20-16-31-25(28)22(20)24(19)30-14-15-32(5,6)7/h9H,8,10-16H2,1-7H3,(H,26,27)/b17-9+. The minimum atomic E-state index is -1.29. The lowest BCUT2D eigenvalue weighted by Crippen LogP contribution is -2.23. The summed E-state index contributed by atoms with van der Waals surface area (Å²) in [6.07, 6.45) is 4.75. The van der Waals surface area contributed by atoms with Gasteiger partial charge in [0.1, 0.15) is 23.7 Å². The van der Waals surface area contributed by atoms with Crippen LogP contribution in [0.2, 0.25) is 25.7 Å². The molecule has 6 nitrogen and oxygen atoms in total. The van der Waals surface area contributed by atoms with Crippen LogP contribution in [0.3, 0.4) is 0 Å². The topological polar surface area (TPSA) is 73.9 Å². The molecular weight excluding hydrogens is 422 g/mol. The molecular formula is C25H39NO5Si. The average Bonchev–Trinajstić information content (AvgIpc) is 3.11. The van der Waals surface area contributed by atoms with Crippen molar-refractivity contribution in [2.75, 3.05) is 20.3 Å². The average molecular weight is 462 g/mol. The molecule has 32 heavy (non-hydrogen) atoms. The van der Waals surface area contributed by atoms with E-state index in [1.807, 2.05) is 20.8 Å². The predicted octanol–water partition coefficient (Wildman–Crippen LogP) is 5.19. The highest BCUT2D eigenvalue weighted by Gasteiger charge is 2.33. The van der Waals surface area contributed by atoms with Gasteiger partial charge >= 0.3 is 5.97 Å². The first kappa shape index (κ1) is 26.0. The Morgan fingerprint density at radius 2 is 1.94 bits per heavy atom. The maximum absolute atomic E-state index is 12.6. The number of fused-ring (bicyclic) bond motifs is 1. The monoisotopic (exact) mass is 461 g/mol. The number of benzene rings is 1. The van der Waals surface area contributed by atoms with Crippen molar-refractivity contribution < 1.29 is 23.8 Å². The fraction of sp³-hybridized carbons (Fsp3) is 0.600. The first-order valence-electron chi connectivity index (χ1n) is 11.5. The molecule has 0 bridgehead atoms. The van der Waals surface area contributed by atoms with E-state index in [2.05, 4.69) is 31.0 Å². The van der Waals surface area contributed by atoms with Crippen molar-refractivity contribution in [1.82, 2.24) is 5.32 Å². The minimum absolute atomic E-state index is 0.0728. The van der Waals surface area contributed by atoms with Gasteiger partial charge < -0.3 is 19.5 Å². The number of cyclic esters (lactones) is 1. The molecule has 0 fully saturated rings. The Labute approximate surface area is 193 Å². The van der Waals surface area contributed by atoms with Crippen LogP contribution >= 0.6 is 0 Å². The second kappa shape index (κ2) is 11.5. The van der Waals surface area contributed by atoms with E-state index in [9.17, 15) is 9.59 Å². The molecule has 2 rings (SSSR count). The Balaban J connectivity index is 2.31. The molecule has 0 aromatic heterocycles. The van der Waals surface area contributed by atoms with E-state index in [0.717, 1.165) is 40.5 Å². The van der Waals surface area contributed by atoms with Crippen molar-refractivity contribution in [2.45, 2.75) is 78.7 Å². The minimum Gasteiger partial charge on any atom is -0.496 e. The van der Waals surface area contributed by atoms with Gasteiger partial charge in [-0.25, -0.2) is 4.79 Å². The summed E-state index contributed by atoms with van der Waals surface area (Å²) in [6, 6.07) is 0.994. The lowest BCUT2D eigenvalue weighted by Gasteiger charge is -2.21. The van der Waals surface area contributed by atoms with Gasteiger partial charge in [0, 0.05) is 32.2 Å². The molecule has 0 saturated carbocycles. The third kappa shape index (κ3) is 6.86. The maximum Gasteiger partial charge on any atom is 0.342 e. The van der Waals surface area contributed by atoms with Gasteiger partial charge in [0.05, 0.1) is 13.7 Å². The van der Waals surface area contributed by atoms with E-state index >= 15 is 0 Å². The van der Waals surface area contributed by atoms with E-state index in [0.29, 0.717) is 43.7 Å². The smallest absolute Gasteiger partial charge is 0.342 e. The first-order chi connectivity index (χ1) is 15.1. The van der Waals surface area contributed by atoms with Gasteiger partial charge in [-0.2, -0.15) is 0 Å². The molecule has 1 amide bonds. The SMILES string of the molecule is CCCNC(=O)CC/C(C)=C/Cc1c(OC)c(C)c2c(c1OCC[Si](C)(C)C)C(=O)OC2. The number of rotatable bonds is 12. The highest BCUT2D eigenvalue weighted by atomic mass is 28.3. The normalized spacial score (nSPS) is 13.6. The molecule has 0 unspecified atom stereocenters. The van der Waals surface area contributed by atoms with Gasteiger partial charge in [-0.05, 0) is 44.7 Å². The van der Waals surface area contributed by atoms with Crippen molar-refractivity contribution in [2.24, 2.45) is 0 Å². The fourth-order valence-electron chi connectivity index (χ4n) is 3.67. The van der Waals surface area contributed by atoms with Crippen LogP contribution in [0.15, 0.2) is 11.6 Å². The summed E-state index contributed by atoms with van der Waals surface area (Å²) in [5.74, 6) is 1.08. The highest BCUT2D eigenvalue weighted by molar-refractivity contribution is 6.76. The molecule has 1 aliphatic heterocycles. The second-order valence-electron chi connectivity index (χ2n) is 9.66. The highest BCUT2D eigenvalue weighted by Crippen LogP contribution is 2.43. The molecule has 0 radical (unpaired) electrons.